The highest BCUT2D eigenvalue weighted by Gasteiger charge is 2.25. The van der Waals surface area contributed by atoms with Crippen LogP contribution >= 0.6 is 0 Å². The Morgan fingerprint density at radius 3 is 2.62 bits per heavy atom. The van der Waals surface area contributed by atoms with Gasteiger partial charge in [-0.3, -0.25) is 0 Å². The Morgan fingerprint density at radius 2 is 1.73 bits per heavy atom. The van der Waals surface area contributed by atoms with E-state index in [0.717, 1.165) is 11.3 Å². The van der Waals surface area contributed by atoms with E-state index in [1.54, 1.807) is 0 Å². The number of aryl methyl sites for hydroxylation is 1. The summed E-state index contributed by atoms with van der Waals surface area (Å²) in [6.45, 7) is 2.09. The number of allylic oxidation sites excluding steroid dienone is 1. The third-order valence-electron chi connectivity index (χ3n) is 4.83. The van der Waals surface area contributed by atoms with Crippen molar-refractivity contribution in [3.8, 4) is 0 Å². The molecule has 0 bridgehead atoms. The van der Waals surface area contributed by atoms with E-state index < -0.39 is 0 Å². The Kier molecular flexibility index (Phi) is 3.31. The maximum Gasteiger partial charge on any atom is 0.248 e. The maximum absolute atomic E-state index is 4.21. The molecule has 0 fully saturated rings. The minimum Gasteiger partial charge on any atom is -0.323 e. The first kappa shape index (κ1) is 14.8. The molecule has 1 aromatic heterocycles. The molecule has 4 aromatic rings. The maximum atomic E-state index is 4.21. The topological polar surface area (TPSA) is 55.6 Å². The van der Waals surface area contributed by atoms with Crippen LogP contribution in [0, 0.1) is 6.92 Å². The number of tetrazole rings is 1. The monoisotopic (exact) mass is 339 g/mol. The molecule has 0 saturated carbocycles. The molecule has 0 amide bonds. The zero-order valence-electron chi connectivity index (χ0n) is 14.3. The van der Waals surface area contributed by atoms with Crippen LogP contribution in [0.15, 0.2) is 72.8 Å². The lowest BCUT2D eigenvalue weighted by atomic mass is 9.96. The van der Waals surface area contributed by atoms with Gasteiger partial charge >= 0.3 is 0 Å². The largest absolute Gasteiger partial charge is 0.323 e. The summed E-state index contributed by atoms with van der Waals surface area (Å²) in [7, 11) is 0. The van der Waals surface area contributed by atoms with Gasteiger partial charge in [-0.1, -0.05) is 77.4 Å². The van der Waals surface area contributed by atoms with Crippen LogP contribution in [-0.2, 0) is 0 Å². The highest BCUT2D eigenvalue weighted by atomic mass is 15.6. The Bertz CT molecular complexity index is 1120. The summed E-state index contributed by atoms with van der Waals surface area (Å²) in [5.41, 5.74) is 4.56. The molecular weight excluding hydrogens is 322 g/mol. The molecule has 1 N–H and O–H groups in total. The van der Waals surface area contributed by atoms with Gasteiger partial charge < -0.3 is 5.32 Å². The zero-order valence-corrected chi connectivity index (χ0v) is 14.3. The van der Waals surface area contributed by atoms with E-state index in [2.05, 4.69) is 101 Å². The lowest BCUT2D eigenvalue weighted by molar-refractivity contribution is 0.589. The van der Waals surface area contributed by atoms with Crippen molar-refractivity contribution in [2.45, 2.75) is 13.0 Å². The second kappa shape index (κ2) is 5.81. The van der Waals surface area contributed by atoms with Crippen molar-refractivity contribution in [2.75, 3.05) is 5.32 Å². The van der Waals surface area contributed by atoms with Crippen molar-refractivity contribution in [2.24, 2.45) is 0 Å². The van der Waals surface area contributed by atoms with Gasteiger partial charge in [0.15, 0.2) is 0 Å². The van der Waals surface area contributed by atoms with Gasteiger partial charge in [0.25, 0.3) is 0 Å². The van der Waals surface area contributed by atoms with Crippen LogP contribution in [0.1, 0.15) is 22.7 Å². The van der Waals surface area contributed by atoms with Crippen LogP contribution in [0.25, 0.3) is 16.5 Å². The Balaban J connectivity index is 1.70. The van der Waals surface area contributed by atoms with E-state index >= 15 is 0 Å². The standard InChI is InChI=1S/C21H17N5/c1-14-9-11-16(12-10-14)19-13-20(26-21(22-19)23-24-25-26)18-8-4-6-15-5-2-3-7-17(15)18/h2-13,20H,1H3,(H,22,23,25)/t20-/m1/s1. The van der Waals surface area contributed by atoms with Gasteiger partial charge in [-0.15, -0.1) is 0 Å². The van der Waals surface area contributed by atoms with E-state index in [1.165, 1.54) is 21.9 Å². The quantitative estimate of drug-likeness (QED) is 0.595. The van der Waals surface area contributed by atoms with Gasteiger partial charge in [-0.2, -0.15) is 4.68 Å². The first-order valence-electron chi connectivity index (χ1n) is 8.61. The minimum absolute atomic E-state index is 0.0661. The third-order valence-corrected chi connectivity index (χ3v) is 4.83. The summed E-state index contributed by atoms with van der Waals surface area (Å²) >= 11 is 0. The molecule has 5 heteroatoms. The average Bonchev–Trinajstić information content (AvgIpc) is 3.16. The van der Waals surface area contributed by atoms with Crippen LogP contribution in [0.2, 0.25) is 0 Å². The normalized spacial score (nSPS) is 16.0. The summed E-state index contributed by atoms with van der Waals surface area (Å²) in [5.74, 6) is 0.654. The Hall–Kier alpha value is -3.47. The second-order valence-electron chi connectivity index (χ2n) is 6.53. The molecular formula is C21H17N5. The van der Waals surface area contributed by atoms with Crippen molar-refractivity contribution in [1.29, 1.82) is 0 Å². The molecule has 0 spiro atoms. The van der Waals surface area contributed by atoms with E-state index in [9.17, 15) is 0 Å². The van der Waals surface area contributed by atoms with E-state index in [0.29, 0.717) is 5.95 Å². The first-order chi connectivity index (χ1) is 12.8. The number of nitrogens with one attached hydrogen (secondary N) is 1. The van der Waals surface area contributed by atoms with Gasteiger partial charge in [0.1, 0.15) is 6.04 Å². The van der Waals surface area contributed by atoms with Crippen LogP contribution in [0.4, 0.5) is 5.95 Å². The molecule has 1 aliphatic rings. The van der Waals surface area contributed by atoms with Crippen molar-refractivity contribution in [3.63, 3.8) is 0 Å². The fourth-order valence-corrected chi connectivity index (χ4v) is 3.49. The van der Waals surface area contributed by atoms with Crippen LogP contribution in [0.5, 0.6) is 0 Å². The average molecular weight is 339 g/mol. The van der Waals surface area contributed by atoms with E-state index in [4.69, 9.17) is 0 Å². The van der Waals surface area contributed by atoms with Gasteiger partial charge in [0, 0.05) is 5.70 Å². The van der Waals surface area contributed by atoms with E-state index in [-0.39, 0.29) is 6.04 Å². The molecule has 126 valence electrons. The lowest BCUT2D eigenvalue weighted by Crippen LogP contribution is -2.20. The van der Waals surface area contributed by atoms with Crippen LogP contribution in [-0.4, -0.2) is 20.2 Å². The summed E-state index contributed by atoms with van der Waals surface area (Å²) in [6.07, 6.45) is 2.19. The molecule has 5 rings (SSSR count). The van der Waals surface area contributed by atoms with Crippen molar-refractivity contribution in [3.05, 3.63) is 89.5 Å². The number of rotatable bonds is 2. The van der Waals surface area contributed by atoms with Crippen molar-refractivity contribution >= 4 is 22.4 Å². The third kappa shape index (κ3) is 2.37. The van der Waals surface area contributed by atoms with Crippen LogP contribution in [0.3, 0.4) is 0 Å². The SMILES string of the molecule is Cc1ccc(C2=C[C@H](c3cccc4ccccc34)n3nnnc3N2)cc1. The van der Waals surface area contributed by atoms with Gasteiger partial charge in [0.2, 0.25) is 5.95 Å². The summed E-state index contributed by atoms with van der Waals surface area (Å²) in [5, 5.41) is 18.0. The number of anilines is 1. The molecule has 1 aliphatic heterocycles. The van der Waals surface area contributed by atoms with Gasteiger partial charge in [0.05, 0.1) is 0 Å². The highest BCUT2D eigenvalue weighted by Crippen LogP contribution is 2.34. The van der Waals surface area contributed by atoms with Gasteiger partial charge in [-0.25, -0.2) is 0 Å². The smallest absolute Gasteiger partial charge is 0.248 e. The highest BCUT2D eigenvalue weighted by molar-refractivity contribution is 5.87. The number of hydrogen-bond acceptors (Lipinski definition) is 4. The lowest BCUT2D eigenvalue weighted by Gasteiger charge is -2.24. The molecule has 1 atom stereocenters. The molecule has 0 unspecified atom stereocenters. The van der Waals surface area contributed by atoms with E-state index in [1.807, 2.05) is 4.68 Å². The van der Waals surface area contributed by atoms with Crippen LogP contribution < -0.4 is 5.32 Å². The molecule has 0 aliphatic carbocycles. The molecule has 2 heterocycles. The zero-order chi connectivity index (χ0) is 17.5. The predicted molar refractivity (Wildman–Crippen MR) is 103 cm³/mol. The van der Waals surface area contributed by atoms with Gasteiger partial charge in [-0.05, 0) is 45.3 Å². The summed E-state index contributed by atoms with van der Waals surface area (Å²) < 4.78 is 1.83. The number of nitrogens with zero attached hydrogens (tertiary/aromatic N) is 4. The molecule has 0 radical (unpaired) electrons. The number of hydrogen-bond donors (Lipinski definition) is 1. The fourth-order valence-electron chi connectivity index (χ4n) is 3.49. The summed E-state index contributed by atoms with van der Waals surface area (Å²) in [6, 6.07) is 23.2. The minimum atomic E-state index is -0.0661. The molecule has 0 saturated heterocycles. The number of fused-ring (bicyclic) bond motifs is 2. The van der Waals surface area contributed by atoms with Crippen molar-refractivity contribution < 1.29 is 0 Å². The fraction of sp³-hybridized carbons (Fsp3) is 0.0952. The predicted octanol–water partition coefficient (Wildman–Crippen LogP) is 4.19. The molecule has 5 nitrogen and oxygen atoms in total. The Morgan fingerprint density at radius 1 is 0.923 bits per heavy atom. The Labute approximate surface area is 151 Å². The molecule has 3 aromatic carbocycles. The second-order valence-corrected chi connectivity index (χ2v) is 6.53. The van der Waals surface area contributed by atoms with Crippen molar-refractivity contribution in [1.82, 2.24) is 20.2 Å². The summed E-state index contributed by atoms with van der Waals surface area (Å²) in [4.78, 5) is 0. The number of aromatic nitrogens is 4. The number of benzene rings is 3. The first-order valence-corrected chi connectivity index (χ1v) is 8.61. The molecule has 26 heavy (non-hydrogen) atoms.